The van der Waals surface area contributed by atoms with Crippen LogP contribution in [0.1, 0.15) is 12.8 Å². The molecule has 0 radical (unpaired) electrons. The molecule has 1 heterocycles. The lowest BCUT2D eigenvalue weighted by Gasteiger charge is -2.17. The number of aliphatic carboxylic acids is 1. The van der Waals surface area contributed by atoms with Crippen molar-refractivity contribution in [2.45, 2.75) is 25.0 Å². The van der Waals surface area contributed by atoms with E-state index in [4.69, 9.17) is 14.6 Å². The summed E-state index contributed by atoms with van der Waals surface area (Å²) in [4.78, 5) is 24.4. The molecule has 0 aromatic carbocycles. The van der Waals surface area contributed by atoms with Crippen LogP contribution in [0.3, 0.4) is 0 Å². The number of likely N-dealkylation sites (N-methyl/N-ethyl adjacent to an activating group) is 1. The van der Waals surface area contributed by atoms with Crippen molar-refractivity contribution < 1.29 is 24.2 Å². The van der Waals surface area contributed by atoms with E-state index in [0.29, 0.717) is 32.5 Å². The summed E-state index contributed by atoms with van der Waals surface area (Å²) in [6.45, 7) is 3.07. The standard InChI is InChI=1S/C13H25N3O5/c1-16(7-8-20-2)6-5-14-13(19)15-9-10-3-4-11(21-10)12(17)18/h10-11H,3-9H2,1-2H3,(H,17,18)(H2,14,15,19). The summed E-state index contributed by atoms with van der Waals surface area (Å²) in [6.07, 6.45) is 0.181. The number of urea groups is 1. The van der Waals surface area contributed by atoms with Gasteiger partial charge in [0.2, 0.25) is 0 Å². The van der Waals surface area contributed by atoms with Gasteiger partial charge >= 0.3 is 12.0 Å². The number of amides is 2. The number of nitrogens with zero attached hydrogens (tertiary/aromatic N) is 1. The lowest BCUT2D eigenvalue weighted by Crippen LogP contribution is -2.42. The second kappa shape index (κ2) is 9.54. The van der Waals surface area contributed by atoms with Crippen molar-refractivity contribution in [2.75, 3.05) is 46.9 Å². The van der Waals surface area contributed by atoms with Crippen LogP contribution in [0.5, 0.6) is 0 Å². The van der Waals surface area contributed by atoms with Crippen molar-refractivity contribution >= 4 is 12.0 Å². The van der Waals surface area contributed by atoms with Crippen molar-refractivity contribution in [1.82, 2.24) is 15.5 Å². The van der Waals surface area contributed by atoms with E-state index in [0.717, 1.165) is 13.1 Å². The van der Waals surface area contributed by atoms with Gasteiger partial charge in [0.15, 0.2) is 6.10 Å². The van der Waals surface area contributed by atoms with Gasteiger partial charge in [0, 0.05) is 33.3 Å². The van der Waals surface area contributed by atoms with Crippen molar-refractivity contribution in [3.05, 3.63) is 0 Å². The predicted octanol–water partition coefficient (Wildman–Crippen LogP) is -0.504. The van der Waals surface area contributed by atoms with Gasteiger partial charge in [-0.15, -0.1) is 0 Å². The van der Waals surface area contributed by atoms with Crippen LogP contribution in [-0.2, 0) is 14.3 Å². The average Bonchev–Trinajstić information content (AvgIpc) is 2.92. The summed E-state index contributed by atoms with van der Waals surface area (Å²) in [5, 5.41) is 14.2. The Morgan fingerprint density at radius 1 is 1.33 bits per heavy atom. The van der Waals surface area contributed by atoms with Gasteiger partial charge in [-0.2, -0.15) is 0 Å². The van der Waals surface area contributed by atoms with E-state index in [9.17, 15) is 9.59 Å². The lowest BCUT2D eigenvalue weighted by atomic mass is 10.2. The molecule has 0 spiro atoms. The summed E-state index contributed by atoms with van der Waals surface area (Å²) in [7, 11) is 3.61. The van der Waals surface area contributed by atoms with Gasteiger partial charge in [-0.05, 0) is 19.9 Å². The summed E-state index contributed by atoms with van der Waals surface area (Å²) < 4.78 is 10.3. The zero-order chi connectivity index (χ0) is 15.7. The molecule has 1 saturated heterocycles. The van der Waals surface area contributed by atoms with Crippen molar-refractivity contribution in [3.63, 3.8) is 0 Å². The molecule has 0 aliphatic carbocycles. The molecule has 2 amide bonds. The fourth-order valence-corrected chi connectivity index (χ4v) is 2.03. The molecule has 1 rings (SSSR count). The van der Waals surface area contributed by atoms with Crippen LogP contribution in [0.15, 0.2) is 0 Å². The molecule has 122 valence electrons. The quantitative estimate of drug-likeness (QED) is 0.531. The van der Waals surface area contributed by atoms with E-state index in [1.165, 1.54) is 0 Å². The Balaban J connectivity index is 2.05. The molecule has 0 saturated carbocycles. The highest BCUT2D eigenvalue weighted by Crippen LogP contribution is 2.18. The largest absolute Gasteiger partial charge is 0.479 e. The maximum Gasteiger partial charge on any atom is 0.332 e. The van der Waals surface area contributed by atoms with E-state index >= 15 is 0 Å². The molecule has 1 fully saturated rings. The number of hydrogen-bond acceptors (Lipinski definition) is 5. The third kappa shape index (κ3) is 7.26. The molecule has 1 aliphatic rings. The maximum atomic E-state index is 11.6. The number of ether oxygens (including phenoxy) is 2. The zero-order valence-electron chi connectivity index (χ0n) is 12.6. The van der Waals surface area contributed by atoms with Gasteiger partial charge in [-0.3, -0.25) is 0 Å². The number of hydrogen-bond donors (Lipinski definition) is 3. The first-order valence-electron chi connectivity index (χ1n) is 7.10. The second-order valence-corrected chi connectivity index (χ2v) is 5.10. The number of carbonyl (C=O) groups excluding carboxylic acids is 1. The van der Waals surface area contributed by atoms with E-state index < -0.39 is 12.1 Å². The van der Waals surface area contributed by atoms with Crippen LogP contribution in [0.2, 0.25) is 0 Å². The van der Waals surface area contributed by atoms with Gasteiger partial charge in [-0.1, -0.05) is 0 Å². The fourth-order valence-electron chi connectivity index (χ4n) is 2.03. The molecular formula is C13H25N3O5. The Kier molecular flexibility index (Phi) is 8.03. The number of methoxy groups -OCH3 is 1. The zero-order valence-corrected chi connectivity index (χ0v) is 12.6. The van der Waals surface area contributed by atoms with Gasteiger partial charge in [-0.25, -0.2) is 9.59 Å². The first-order valence-corrected chi connectivity index (χ1v) is 7.10. The molecule has 0 bridgehead atoms. The minimum atomic E-state index is -0.943. The normalized spacial score (nSPS) is 21.5. The van der Waals surface area contributed by atoms with Gasteiger partial charge < -0.3 is 30.1 Å². The number of nitrogens with one attached hydrogen (secondary N) is 2. The van der Waals surface area contributed by atoms with Gasteiger partial charge in [0.05, 0.1) is 12.7 Å². The molecular weight excluding hydrogens is 278 g/mol. The van der Waals surface area contributed by atoms with Crippen LogP contribution in [0.4, 0.5) is 4.79 Å². The van der Waals surface area contributed by atoms with Crippen LogP contribution < -0.4 is 10.6 Å². The molecule has 2 atom stereocenters. The third-order valence-electron chi connectivity index (χ3n) is 3.33. The molecule has 1 aliphatic heterocycles. The topological polar surface area (TPSA) is 100 Å². The molecule has 0 aromatic rings. The highest BCUT2D eigenvalue weighted by molar-refractivity contribution is 5.74. The summed E-state index contributed by atoms with van der Waals surface area (Å²) in [5.74, 6) is -0.943. The molecule has 2 unspecified atom stereocenters. The first kappa shape index (κ1) is 17.7. The highest BCUT2D eigenvalue weighted by Gasteiger charge is 2.30. The molecule has 8 heteroatoms. The maximum absolute atomic E-state index is 11.6. The van der Waals surface area contributed by atoms with Gasteiger partial charge in [0.1, 0.15) is 0 Å². The third-order valence-corrected chi connectivity index (χ3v) is 3.33. The minimum absolute atomic E-state index is 0.221. The monoisotopic (exact) mass is 303 g/mol. The van der Waals surface area contributed by atoms with E-state index in [-0.39, 0.29) is 12.1 Å². The number of carboxylic acid groups (broad SMARTS) is 1. The highest BCUT2D eigenvalue weighted by atomic mass is 16.5. The van der Waals surface area contributed by atoms with Gasteiger partial charge in [0.25, 0.3) is 0 Å². The molecule has 0 aromatic heterocycles. The Morgan fingerprint density at radius 3 is 2.71 bits per heavy atom. The van der Waals surface area contributed by atoms with Crippen molar-refractivity contribution in [1.29, 1.82) is 0 Å². The Bertz CT molecular complexity index is 340. The average molecular weight is 303 g/mol. The molecule has 8 nitrogen and oxygen atoms in total. The van der Waals surface area contributed by atoms with E-state index in [2.05, 4.69) is 15.5 Å². The van der Waals surface area contributed by atoms with Crippen LogP contribution in [0, 0.1) is 0 Å². The van der Waals surface area contributed by atoms with Crippen molar-refractivity contribution in [3.8, 4) is 0 Å². The summed E-state index contributed by atoms with van der Waals surface area (Å²) in [6, 6.07) is -0.266. The predicted molar refractivity (Wildman–Crippen MR) is 76.3 cm³/mol. The van der Waals surface area contributed by atoms with E-state index in [1.807, 2.05) is 7.05 Å². The lowest BCUT2D eigenvalue weighted by molar-refractivity contribution is -0.149. The molecule has 21 heavy (non-hydrogen) atoms. The fraction of sp³-hybridized carbons (Fsp3) is 0.846. The molecule has 3 N–H and O–H groups in total. The number of carbonyl (C=O) groups is 2. The Morgan fingerprint density at radius 2 is 2.10 bits per heavy atom. The smallest absolute Gasteiger partial charge is 0.332 e. The van der Waals surface area contributed by atoms with Crippen LogP contribution in [0.25, 0.3) is 0 Å². The number of rotatable bonds is 9. The SMILES string of the molecule is COCCN(C)CCNC(=O)NCC1CCC(C(=O)O)O1. The summed E-state index contributed by atoms with van der Waals surface area (Å²) >= 11 is 0. The van der Waals surface area contributed by atoms with Crippen LogP contribution >= 0.6 is 0 Å². The Labute approximate surface area is 124 Å². The minimum Gasteiger partial charge on any atom is -0.479 e. The Hall–Kier alpha value is -1.38. The first-order chi connectivity index (χ1) is 10.0. The van der Waals surface area contributed by atoms with E-state index in [1.54, 1.807) is 7.11 Å². The van der Waals surface area contributed by atoms with Crippen molar-refractivity contribution in [2.24, 2.45) is 0 Å². The van der Waals surface area contributed by atoms with Crippen LogP contribution in [-0.4, -0.2) is 81.2 Å². The second-order valence-electron chi connectivity index (χ2n) is 5.10. The summed E-state index contributed by atoms with van der Waals surface area (Å²) in [5.41, 5.74) is 0. The number of carboxylic acids is 1.